The molecule has 86 valence electrons. The molecule has 0 saturated carbocycles. The maximum Gasteiger partial charge on any atom is 0.0726 e. The Bertz CT molecular complexity index is 305. The summed E-state index contributed by atoms with van der Waals surface area (Å²) in [7, 11) is 0. The first-order valence-corrected chi connectivity index (χ1v) is 5.33. The van der Waals surface area contributed by atoms with Crippen molar-refractivity contribution in [3.05, 3.63) is 12.4 Å². The van der Waals surface area contributed by atoms with Gasteiger partial charge in [0.25, 0.3) is 0 Å². The third-order valence-corrected chi connectivity index (χ3v) is 2.33. The van der Waals surface area contributed by atoms with Gasteiger partial charge in [-0.15, -0.1) is 0 Å². The number of hydrogen-bond donors (Lipinski definition) is 2. The van der Waals surface area contributed by atoms with Crippen molar-refractivity contribution in [1.29, 1.82) is 0 Å². The van der Waals surface area contributed by atoms with Gasteiger partial charge in [-0.2, -0.15) is 5.10 Å². The molecule has 0 aliphatic heterocycles. The van der Waals surface area contributed by atoms with Crippen LogP contribution in [0.25, 0.3) is 0 Å². The van der Waals surface area contributed by atoms with Crippen molar-refractivity contribution in [2.24, 2.45) is 5.41 Å². The van der Waals surface area contributed by atoms with E-state index in [0.29, 0.717) is 6.04 Å². The molecule has 1 aromatic rings. The lowest BCUT2D eigenvalue weighted by molar-refractivity contribution is 0.171. The van der Waals surface area contributed by atoms with E-state index in [1.807, 2.05) is 30.9 Å². The average molecular weight is 211 g/mol. The van der Waals surface area contributed by atoms with Gasteiger partial charge in [0.1, 0.15) is 0 Å². The molecule has 0 spiro atoms. The summed E-state index contributed by atoms with van der Waals surface area (Å²) in [5, 5.41) is 16.6. The van der Waals surface area contributed by atoms with Crippen LogP contribution in [-0.4, -0.2) is 28.0 Å². The Kier molecular flexibility index (Phi) is 3.74. The van der Waals surface area contributed by atoms with E-state index in [4.69, 9.17) is 5.11 Å². The summed E-state index contributed by atoms with van der Waals surface area (Å²) in [6.07, 6.45) is 3.80. The fourth-order valence-electron chi connectivity index (χ4n) is 1.11. The first-order valence-electron chi connectivity index (χ1n) is 5.33. The zero-order chi connectivity index (χ0) is 11.5. The molecule has 0 fully saturated rings. The predicted molar refractivity (Wildman–Crippen MR) is 62.0 cm³/mol. The maximum atomic E-state index is 9.10. The summed E-state index contributed by atoms with van der Waals surface area (Å²) in [5.41, 5.74) is 0.908. The lowest BCUT2D eigenvalue weighted by Gasteiger charge is -2.21. The van der Waals surface area contributed by atoms with Crippen molar-refractivity contribution in [3.63, 3.8) is 0 Å². The van der Waals surface area contributed by atoms with Crippen LogP contribution in [-0.2, 0) is 0 Å². The van der Waals surface area contributed by atoms with Crippen LogP contribution in [0, 0.1) is 5.41 Å². The summed E-state index contributed by atoms with van der Waals surface area (Å²) in [6, 6.07) is 0.381. The Morgan fingerprint density at radius 1 is 1.53 bits per heavy atom. The van der Waals surface area contributed by atoms with Crippen LogP contribution >= 0.6 is 0 Å². The third-order valence-electron chi connectivity index (χ3n) is 2.33. The average Bonchev–Trinajstić information content (AvgIpc) is 2.63. The Hall–Kier alpha value is -1.03. The lowest BCUT2D eigenvalue weighted by atomic mass is 9.95. The van der Waals surface area contributed by atoms with Gasteiger partial charge in [0.05, 0.1) is 11.9 Å². The van der Waals surface area contributed by atoms with Gasteiger partial charge in [-0.25, -0.2) is 0 Å². The quantitative estimate of drug-likeness (QED) is 0.782. The van der Waals surface area contributed by atoms with E-state index < -0.39 is 0 Å². The molecule has 2 N–H and O–H groups in total. The zero-order valence-corrected chi connectivity index (χ0v) is 9.99. The highest BCUT2D eigenvalue weighted by Gasteiger charge is 2.16. The van der Waals surface area contributed by atoms with E-state index in [-0.39, 0.29) is 12.0 Å². The molecule has 0 aliphatic carbocycles. The largest absolute Gasteiger partial charge is 0.396 e. The first kappa shape index (κ1) is 12.0. The fraction of sp³-hybridized carbons (Fsp3) is 0.727. The SMILES string of the molecule is CC(C)n1cc(NCC(C)(C)CO)cn1. The molecule has 1 rings (SSSR count). The highest BCUT2D eigenvalue weighted by Crippen LogP contribution is 2.16. The van der Waals surface area contributed by atoms with Crippen molar-refractivity contribution >= 4 is 5.69 Å². The second kappa shape index (κ2) is 4.66. The molecule has 4 heteroatoms. The minimum atomic E-state index is -0.0973. The number of nitrogens with one attached hydrogen (secondary N) is 1. The highest BCUT2D eigenvalue weighted by molar-refractivity contribution is 5.38. The predicted octanol–water partition coefficient (Wildman–Crippen LogP) is 1.89. The molecule has 0 aliphatic rings. The molecule has 4 nitrogen and oxygen atoms in total. The number of nitrogens with zero attached hydrogens (tertiary/aromatic N) is 2. The van der Waals surface area contributed by atoms with Crippen LogP contribution in [0.1, 0.15) is 33.7 Å². The zero-order valence-electron chi connectivity index (χ0n) is 9.99. The Morgan fingerprint density at radius 3 is 2.67 bits per heavy atom. The smallest absolute Gasteiger partial charge is 0.0726 e. The molecule has 0 radical (unpaired) electrons. The number of hydrogen-bond acceptors (Lipinski definition) is 3. The molecular formula is C11H21N3O. The van der Waals surface area contributed by atoms with Crippen molar-refractivity contribution in [1.82, 2.24) is 9.78 Å². The summed E-state index contributed by atoms with van der Waals surface area (Å²) in [4.78, 5) is 0. The molecule has 0 atom stereocenters. The number of aromatic nitrogens is 2. The van der Waals surface area contributed by atoms with Crippen LogP contribution < -0.4 is 5.32 Å². The maximum absolute atomic E-state index is 9.10. The molecule has 0 aromatic carbocycles. The number of rotatable bonds is 5. The Labute approximate surface area is 91.3 Å². The van der Waals surface area contributed by atoms with Crippen LogP contribution in [0.2, 0.25) is 0 Å². The number of aliphatic hydroxyl groups excluding tert-OH is 1. The third kappa shape index (κ3) is 3.55. The van der Waals surface area contributed by atoms with E-state index >= 15 is 0 Å². The Balaban J connectivity index is 2.51. The van der Waals surface area contributed by atoms with Crippen LogP contribution in [0.4, 0.5) is 5.69 Å². The van der Waals surface area contributed by atoms with E-state index in [2.05, 4.69) is 24.3 Å². The normalized spacial score (nSPS) is 12.1. The van der Waals surface area contributed by atoms with Gasteiger partial charge in [0.2, 0.25) is 0 Å². The molecule has 1 heterocycles. The number of aliphatic hydroxyl groups is 1. The highest BCUT2D eigenvalue weighted by atomic mass is 16.3. The van der Waals surface area contributed by atoms with Crippen LogP contribution in [0.3, 0.4) is 0 Å². The fourth-order valence-corrected chi connectivity index (χ4v) is 1.11. The number of anilines is 1. The van der Waals surface area contributed by atoms with Crippen LogP contribution in [0.5, 0.6) is 0 Å². The standard InChI is InChI=1S/C11H21N3O/c1-9(2)14-6-10(5-13-14)12-7-11(3,4)8-15/h5-6,9,12,15H,7-8H2,1-4H3. The van der Waals surface area contributed by atoms with Gasteiger partial charge in [-0.3, -0.25) is 4.68 Å². The molecule has 0 saturated heterocycles. The molecule has 15 heavy (non-hydrogen) atoms. The van der Waals surface area contributed by atoms with Crippen molar-refractivity contribution in [2.45, 2.75) is 33.7 Å². The molecular weight excluding hydrogens is 190 g/mol. The van der Waals surface area contributed by atoms with Crippen molar-refractivity contribution in [2.75, 3.05) is 18.5 Å². The molecule has 0 unspecified atom stereocenters. The topological polar surface area (TPSA) is 50.1 Å². The van der Waals surface area contributed by atoms with Gasteiger partial charge in [-0.1, -0.05) is 13.8 Å². The van der Waals surface area contributed by atoms with E-state index in [1.165, 1.54) is 0 Å². The van der Waals surface area contributed by atoms with Gasteiger partial charge >= 0.3 is 0 Å². The molecule has 1 aromatic heterocycles. The Morgan fingerprint density at radius 2 is 2.20 bits per heavy atom. The summed E-state index contributed by atoms with van der Waals surface area (Å²) < 4.78 is 1.91. The lowest BCUT2D eigenvalue weighted by Crippen LogP contribution is -2.26. The minimum Gasteiger partial charge on any atom is -0.396 e. The van der Waals surface area contributed by atoms with Crippen molar-refractivity contribution < 1.29 is 5.11 Å². The second-order valence-corrected chi connectivity index (χ2v) is 4.98. The van der Waals surface area contributed by atoms with Crippen LogP contribution in [0.15, 0.2) is 12.4 Å². The molecule has 0 bridgehead atoms. The van der Waals surface area contributed by atoms with Gasteiger partial charge in [0.15, 0.2) is 0 Å². The minimum absolute atomic E-state index is 0.0973. The summed E-state index contributed by atoms with van der Waals surface area (Å²) in [5.74, 6) is 0. The summed E-state index contributed by atoms with van der Waals surface area (Å²) >= 11 is 0. The van der Waals surface area contributed by atoms with Gasteiger partial charge in [0, 0.05) is 30.8 Å². The summed E-state index contributed by atoms with van der Waals surface area (Å²) in [6.45, 7) is 9.15. The first-order chi connectivity index (χ1) is 6.94. The molecule has 0 amide bonds. The second-order valence-electron chi connectivity index (χ2n) is 4.98. The van der Waals surface area contributed by atoms with E-state index in [1.54, 1.807) is 0 Å². The monoisotopic (exact) mass is 211 g/mol. The van der Waals surface area contributed by atoms with Crippen molar-refractivity contribution in [3.8, 4) is 0 Å². The van der Waals surface area contributed by atoms with Gasteiger partial charge in [-0.05, 0) is 13.8 Å². The van der Waals surface area contributed by atoms with E-state index in [9.17, 15) is 0 Å². The van der Waals surface area contributed by atoms with E-state index in [0.717, 1.165) is 12.2 Å². The van der Waals surface area contributed by atoms with Gasteiger partial charge < -0.3 is 10.4 Å².